The molecule has 1 aromatic carbocycles. The quantitative estimate of drug-likeness (QED) is 0.403. The molecule has 1 aromatic rings. The van der Waals surface area contributed by atoms with Crippen molar-refractivity contribution in [3.8, 4) is 12.3 Å². The summed E-state index contributed by atoms with van der Waals surface area (Å²) in [5.41, 5.74) is 1.08. The molecular formula is C24H30O4. The molecule has 0 unspecified atom stereocenters. The van der Waals surface area contributed by atoms with Crippen molar-refractivity contribution in [1.82, 2.24) is 0 Å². The fourth-order valence-electron chi connectivity index (χ4n) is 3.38. The van der Waals surface area contributed by atoms with Gasteiger partial charge in [0, 0.05) is 0 Å². The highest BCUT2D eigenvalue weighted by atomic mass is 16.6. The van der Waals surface area contributed by atoms with Crippen LogP contribution in [-0.2, 0) is 25.6 Å². The van der Waals surface area contributed by atoms with Crippen molar-refractivity contribution >= 4 is 0 Å². The molecule has 1 aliphatic rings. The third-order valence-electron chi connectivity index (χ3n) is 4.58. The molecule has 1 saturated heterocycles. The first-order valence-corrected chi connectivity index (χ1v) is 9.55. The van der Waals surface area contributed by atoms with E-state index in [1.165, 1.54) is 0 Å². The molecule has 2 rings (SSSR count). The molecule has 1 aliphatic heterocycles. The topological polar surface area (TPSA) is 36.9 Å². The molecule has 0 amide bonds. The van der Waals surface area contributed by atoms with Gasteiger partial charge in [0.1, 0.15) is 24.9 Å². The van der Waals surface area contributed by atoms with Gasteiger partial charge in [-0.3, -0.25) is 0 Å². The highest BCUT2D eigenvalue weighted by Crippen LogP contribution is 2.32. The van der Waals surface area contributed by atoms with Crippen LogP contribution in [0.2, 0.25) is 0 Å². The normalized spacial score (nSPS) is 26.9. The van der Waals surface area contributed by atoms with E-state index in [4.69, 9.17) is 25.4 Å². The molecular weight excluding hydrogens is 352 g/mol. The van der Waals surface area contributed by atoms with Crippen LogP contribution < -0.4 is 0 Å². The Morgan fingerprint density at radius 2 is 1.54 bits per heavy atom. The molecule has 1 heterocycles. The molecule has 0 N–H and O–H groups in total. The molecule has 5 atom stereocenters. The largest absolute Gasteiger partial charge is 0.369 e. The van der Waals surface area contributed by atoms with Crippen molar-refractivity contribution in [2.45, 2.75) is 50.0 Å². The molecule has 0 saturated carbocycles. The zero-order chi connectivity index (χ0) is 20.2. The summed E-state index contributed by atoms with van der Waals surface area (Å²) in [5.74, 6) is 2.53. The Labute approximate surface area is 168 Å². The zero-order valence-corrected chi connectivity index (χ0v) is 16.4. The molecule has 1 fully saturated rings. The van der Waals surface area contributed by atoms with E-state index >= 15 is 0 Å². The van der Waals surface area contributed by atoms with Crippen LogP contribution in [0.3, 0.4) is 0 Å². The van der Waals surface area contributed by atoms with E-state index in [1.807, 2.05) is 42.5 Å². The average Bonchev–Trinajstić information content (AvgIpc) is 2.72. The Hall–Kier alpha value is -2.16. The summed E-state index contributed by atoms with van der Waals surface area (Å²) < 4.78 is 24.7. The predicted octanol–water partition coefficient (Wildman–Crippen LogP) is 4.08. The third-order valence-corrected chi connectivity index (χ3v) is 4.58. The summed E-state index contributed by atoms with van der Waals surface area (Å²) >= 11 is 0. The Bertz CT molecular complexity index is 648. The van der Waals surface area contributed by atoms with Crippen molar-refractivity contribution in [3.05, 3.63) is 73.9 Å². The number of rotatable bonds is 12. The highest BCUT2D eigenvalue weighted by molar-refractivity contribution is 5.13. The maximum atomic E-state index is 6.34. The first kappa shape index (κ1) is 22.1. The number of hydrogen-bond donors (Lipinski definition) is 0. The number of hydrogen-bond acceptors (Lipinski definition) is 4. The van der Waals surface area contributed by atoms with Crippen molar-refractivity contribution in [2.75, 3.05) is 13.2 Å². The second-order valence-corrected chi connectivity index (χ2v) is 6.59. The van der Waals surface area contributed by atoms with Crippen molar-refractivity contribution in [3.63, 3.8) is 0 Å². The van der Waals surface area contributed by atoms with E-state index in [0.717, 1.165) is 5.56 Å². The standard InChI is InChI=1S/C24H30O4/c1-5-12-20-22(25-16-7-3)24(27-18-19-14-10-9-11-15-19)23(26-17-8-4)21(28-20)13-6-2/h3,5-6,8-11,14-15,20-24H,1-2,4,12-13,16-18H2/t20-,21+,22-,23+,24+/m1/s1. The Morgan fingerprint density at radius 1 is 0.893 bits per heavy atom. The highest BCUT2D eigenvalue weighted by Gasteiger charge is 2.47. The summed E-state index contributed by atoms with van der Waals surface area (Å²) in [5, 5.41) is 0. The van der Waals surface area contributed by atoms with Crippen LogP contribution in [0.4, 0.5) is 0 Å². The minimum atomic E-state index is -0.367. The molecule has 0 aliphatic carbocycles. The van der Waals surface area contributed by atoms with E-state index in [0.29, 0.717) is 26.1 Å². The fourth-order valence-corrected chi connectivity index (χ4v) is 3.38. The van der Waals surface area contributed by atoms with Gasteiger partial charge in [0.15, 0.2) is 0 Å². The van der Waals surface area contributed by atoms with E-state index in [1.54, 1.807) is 6.08 Å². The zero-order valence-electron chi connectivity index (χ0n) is 16.4. The van der Waals surface area contributed by atoms with Crippen LogP contribution in [-0.4, -0.2) is 43.7 Å². The Balaban J connectivity index is 2.28. The lowest BCUT2D eigenvalue weighted by molar-refractivity contribution is -0.254. The van der Waals surface area contributed by atoms with Gasteiger partial charge in [-0.1, -0.05) is 54.5 Å². The Morgan fingerprint density at radius 3 is 2.11 bits per heavy atom. The van der Waals surface area contributed by atoms with Crippen molar-refractivity contribution in [2.24, 2.45) is 0 Å². The Kier molecular flexibility index (Phi) is 9.74. The predicted molar refractivity (Wildman–Crippen MR) is 112 cm³/mol. The van der Waals surface area contributed by atoms with E-state index in [2.05, 4.69) is 25.7 Å². The van der Waals surface area contributed by atoms with Crippen LogP contribution in [0.5, 0.6) is 0 Å². The summed E-state index contributed by atoms with van der Waals surface area (Å²) in [4.78, 5) is 0. The van der Waals surface area contributed by atoms with Crippen LogP contribution in [0.15, 0.2) is 68.3 Å². The molecule has 28 heavy (non-hydrogen) atoms. The van der Waals surface area contributed by atoms with E-state index in [-0.39, 0.29) is 37.1 Å². The smallest absolute Gasteiger partial charge is 0.115 e. The van der Waals surface area contributed by atoms with Gasteiger partial charge < -0.3 is 18.9 Å². The lowest BCUT2D eigenvalue weighted by atomic mass is 9.91. The monoisotopic (exact) mass is 382 g/mol. The van der Waals surface area contributed by atoms with Gasteiger partial charge in [0.05, 0.1) is 25.4 Å². The van der Waals surface area contributed by atoms with Gasteiger partial charge in [-0.15, -0.1) is 26.2 Å². The second kappa shape index (κ2) is 12.3. The molecule has 0 bridgehead atoms. The molecule has 0 spiro atoms. The summed E-state index contributed by atoms with van der Waals surface area (Å²) in [6.45, 7) is 12.5. The van der Waals surface area contributed by atoms with Gasteiger partial charge in [0.25, 0.3) is 0 Å². The van der Waals surface area contributed by atoms with Crippen LogP contribution in [0.25, 0.3) is 0 Å². The SMILES string of the molecule is C#CCO[C@H]1[C@H](OCc2ccccc2)[C@@H](OCC=C)[C@H](CC=C)O[C@@H]1CC=C. The lowest BCUT2D eigenvalue weighted by Crippen LogP contribution is -2.60. The maximum absolute atomic E-state index is 6.34. The number of ether oxygens (including phenoxy) is 4. The minimum absolute atomic E-state index is 0.174. The first-order valence-electron chi connectivity index (χ1n) is 9.55. The molecule has 4 nitrogen and oxygen atoms in total. The van der Waals surface area contributed by atoms with Gasteiger partial charge >= 0.3 is 0 Å². The van der Waals surface area contributed by atoms with Gasteiger partial charge in [-0.05, 0) is 18.4 Å². The first-order chi connectivity index (χ1) is 13.7. The van der Waals surface area contributed by atoms with Crippen LogP contribution in [0, 0.1) is 12.3 Å². The molecule has 4 heteroatoms. The van der Waals surface area contributed by atoms with E-state index < -0.39 is 0 Å². The van der Waals surface area contributed by atoms with Crippen molar-refractivity contribution in [1.29, 1.82) is 0 Å². The van der Waals surface area contributed by atoms with E-state index in [9.17, 15) is 0 Å². The molecule has 0 aromatic heterocycles. The van der Waals surface area contributed by atoms with Gasteiger partial charge in [-0.25, -0.2) is 0 Å². The molecule has 0 radical (unpaired) electrons. The second-order valence-electron chi connectivity index (χ2n) is 6.59. The summed E-state index contributed by atoms with van der Waals surface area (Å²) in [6.07, 6.45) is 10.6. The number of terminal acetylenes is 1. The van der Waals surface area contributed by atoms with Crippen LogP contribution >= 0.6 is 0 Å². The van der Waals surface area contributed by atoms with Gasteiger partial charge in [0.2, 0.25) is 0 Å². The lowest BCUT2D eigenvalue weighted by Gasteiger charge is -2.46. The van der Waals surface area contributed by atoms with Crippen molar-refractivity contribution < 1.29 is 18.9 Å². The minimum Gasteiger partial charge on any atom is -0.369 e. The van der Waals surface area contributed by atoms with Crippen LogP contribution in [0.1, 0.15) is 18.4 Å². The average molecular weight is 383 g/mol. The fraction of sp³-hybridized carbons (Fsp3) is 0.417. The summed E-state index contributed by atoms with van der Waals surface area (Å²) in [7, 11) is 0. The maximum Gasteiger partial charge on any atom is 0.115 e. The molecule has 150 valence electrons. The third kappa shape index (κ3) is 6.19. The number of benzene rings is 1. The summed E-state index contributed by atoms with van der Waals surface area (Å²) in [6, 6.07) is 10.0. The van der Waals surface area contributed by atoms with Gasteiger partial charge in [-0.2, -0.15) is 0 Å².